The summed E-state index contributed by atoms with van der Waals surface area (Å²) in [6.45, 7) is 4.64. The highest BCUT2D eigenvalue weighted by Crippen LogP contribution is 2.33. The molecular weight excluding hydrogens is 308 g/mol. The summed E-state index contributed by atoms with van der Waals surface area (Å²) in [5.74, 6) is -0.0200. The zero-order valence-corrected chi connectivity index (χ0v) is 14.2. The minimum Gasteiger partial charge on any atom is -0.456 e. The predicted molar refractivity (Wildman–Crippen MR) is 87.4 cm³/mol. The fourth-order valence-corrected chi connectivity index (χ4v) is 3.36. The van der Waals surface area contributed by atoms with Crippen LogP contribution in [0.5, 0.6) is 0 Å². The second kappa shape index (κ2) is 6.14. The van der Waals surface area contributed by atoms with Gasteiger partial charge in [0.25, 0.3) is 5.91 Å². The van der Waals surface area contributed by atoms with Crippen molar-refractivity contribution >= 4 is 11.8 Å². The number of rotatable bonds is 4. The molecule has 0 spiro atoms. The van der Waals surface area contributed by atoms with E-state index in [0.717, 1.165) is 23.3 Å². The minimum absolute atomic E-state index is 0.137. The number of furan rings is 1. The Morgan fingerprint density at radius 3 is 2.71 bits per heavy atom. The van der Waals surface area contributed by atoms with Gasteiger partial charge in [-0.3, -0.25) is 14.3 Å². The molecule has 0 saturated carbocycles. The molecule has 3 rings (SSSR count). The number of aryl methyl sites for hydroxylation is 3. The third kappa shape index (κ3) is 2.81. The first-order valence-electron chi connectivity index (χ1n) is 8.07. The van der Waals surface area contributed by atoms with Crippen molar-refractivity contribution in [2.45, 2.75) is 26.2 Å². The number of hydrogen-bond donors (Lipinski definition) is 1. The molecule has 7 heteroatoms. The van der Waals surface area contributed by atoms with Crippen molar-refractivity contribution in [1.82, 2.24) is 14.7 Å². The lowest BCUT2D eigenvalue weighted by Crippen LogP contribution is -2.31. The van der Waals surface area contributed by atoms with E-state index in [0.29, 0.717) is 18.8 Å². The molecule has 2 amide bonds. The van der Waals surface area contributed by atoms with Crippen LogP contribution in [0.15, 0.2) is 22.9 Å². The molecule has 2 N–H and O–H groups in total. The summed E-state index contributed by atoms with van der Waals surface area (Å²) in [6.07, 6.45) is 4.32. The van der Waals surface area contributed by atoms with Gasteiger partial charge >= 0.3 is 0 Å². The minimum atomic E-state index is -0.417. The number of nitrogens with two attached hydrogens (primary N) is 1. The highest BCUT2D eigenvalue weighted by atomic mass is 16.4. The quantitative estimate of drug-likeness (QED) is 0.912. The van der Waals surface area contributed by atoms with Gasteiger partial charge in [-0.1, -0.05) is 6.92 Å². The Labute approximate surface area is 140 Å². The van der Waals surface area contributed by atoms with Crippen molar-refractivity contribution in [1.29, 1.82) is 0 Å². The molecule has 1 aliphatic heterocycles. The van der Waals surface area contributed by atoms with E-state index in [2.05, 4.69) is 5.10 Å². The van der Waals surface area contributed by atoms with Crippen LogP contribution in [0.1, 0.15) is 40.3 Å². The Balaban J connectivity index is 1.84. The molecular formula is C17H22N4O3. The normalized spacial score (nSPS) is 20.5. The fraction of sp³-hybridized carbons (Fsp3) is 0.471. The first-order chi connectivity index (χ1) is 11.4. The van der Waals surface area contributed by atoms with Crippen molar-refractivity contribution < 1.29 is 14.0 Å². The maximum atomic E-state index is 12.7. The molecule has 0 aromatic carbocycles. The number of aromatic nitrogens is 2. The van der Waals surface area contributed by atoms with E-state index in [1.165, 1.54) is 0 Å². The van der Waals surface area contributed by atoms with Crippen molar-refractivity contribution in [3.63, 3.8) is 0 Å². The number of nitrogens with zero attached hydrogens (tertiary/aromatic N) is 3. The van der Waals surface area contributed by atoms with Gasteiger partial charge in [-0.15, -0.1) is 0 Å². The largest absolute Gasteiger partial charge is 0.456 e. The molecule has 3 heterocycles. The maximum Gasteiger partial charge on any atom is 0.289 e. The number of amides is 2. The van der Waals surface area contributed by atoms with Crippen LogP contribution < -0.4 is 5.73 Å². The highest BCUT2D eigenvalue weighted by molar-refractivity contribution is 5.93. The van der Waals surface area contributed by atoms with Crippen molar-refractivity contribution in [2.75, 3.05) is 13.1 Å². The molecule has 1 saturated heterocycles. The standard InChI is InChI=1S/C17H22N4O3/c1-4-14-10(2)5-15(24-14)17(23)21-8-12(13(9-21)16(18)22)11-6-19-20(3)7-11/h5-7,12-13H,4,8-9H2,1-3H3,(H2,18,22)/t12-,13+/m1/s1. The summed E-state index contributed by atoms with van der Waals surface area (Å²) < 4.78 is 7.34. The van der Waals surface area contributed by atoms with Crippen LogP contribution in [0, 0.1) is 12.8 Å². The van der Waals surface area contributed by atoms with Crippen LogP contribution in [0.4, 0.5) is 0 Å². The van der Waals surface area contributed by atoms with Gasteiger partial charge in [0.2, 0.25) is 5.91 Å². The van der Waals surface area contributed by atoms with Gasteiger partial charge in [0.15, 0.2) is 5.76 Å². The van der Waals surface area contributed by atoms with Crippen LogP contribution in [0.2, 0.25) is 0 Å². The Bertz CT molecular complexity index is 777. The molecule has 0 bridgehead atoms. The Hall–Kier alpha value is -2.57. The summed E-state index contributed by atoms with van der Waals surface area (Å²) in [7, 11) is 1.82. The van der Waals surface area contributed by atoms with Crippen LogP contribution in [0.25, 0.3) is 0 Å². The number of primary amides is 1. The molecule has 128 valence electrons. The monoisotopic (exact) mass is 330 g/mol. The van der Waals surface area contributed by atoms with Crippen molar-refractivity contribution in [3.05, 3.63) is 41.1 Å². The van der Waals surface area contributed by atoms with Gasteiger partial charge in [0.05, 0.1) is 12.1 Å². The third-order valence-electron chi connectivity index (χ3n) is 4.68. The van der Waals surface area contributed by atoms with Gasteiger partial charge < -0.3 is 15.1 Å². The van der Waals surface area contributed by atoms with E-state index in [1.54, 1.807) is 21.8 Å². The second-order valence-corrected chi connectivity index (χ2v) is 6.34. The van der Waals surface area contributed by atoms with Crippen LogP contribution >= 0.6 is 0 Å². The van der Waals surface area contributed by atoms with Gasteiger partial charge in [-0.2, -0.15) is 5.10 Å². The van der Waals surface area contributed by atoms with Crippen LogP contribution in [-0.4, -0.2) is 39.6 Å². The van der Waals surface area contributed by atoms with E-state index >= 15 is 0 Å². The number of carbonyl (C=O) groups is 2. The molecule has 2 aromatic heterocycles. The summed E-state index contributed by atoms with van der Waals surface area (Å²) in [5, 5.41) is 4.15. The highest BCUT2D eigenvalue weighted by Gasteiger charge is 2.40. The van der Waals surface area contributed by atoms with E-state index in [1.807, 2.05) is 27.1 Å². The number of likely N-dealkylation sites (tertiary alicyclic amines) is 1. The predicted octanol–water partition coefficient (Wildman–Crippen LogP) is 1.23. The fourth-order valence-electron chi connectivity index (χ4n) is 3.36. The number of carbonyl (C=O) groups excluding carboxylic acids is 2. The Kier molecular flexibility index (Phi) is 4.17. The maximum absolute atomic E-state index is 12.7. The smallest absolute Gasteiger partial charge is 0.289 e. The van der Waals surface area contributed by atoms with Gasteiger partial charge in [0, 0.05) is 38.7 Å². The first kappa shape index (κ1) is 16.3. The van der Waals surface area contributed by atoms with E-state index in [4.69, 9.17) is 10.2 Å². The van der Waals surface area contributed by atoms with Crippen LogP contribution in [-0.2, 0) is 18.3 Å². The summed E-state index contributed by atoms with van der Waals surface area (Å²) in [4.78, 5) is 26.2. The summed E-state index contributed by atoms with van der Waals surface area (Å²) in [5.41, 5.74) is 7.44. The number of hydrogen-bond acceptors (Lipinski definition) is 4. The molecule has 1 aliphatic rings. The van der Waals surface area contributed by atoms with Gasteiger partial charge in [0.1, 0.15) is 5.76 Å². The molecule has 24 heavy (non-hydrogen) atoms. The lowest BCUT2D eigenvalue weighted by molar-refractivity contribution is -0.121. The van der Waals surface area contributed by atoms with Crippen molar-refractivity contribution in [2.24, 2.45) is 18.7 Å². The first-order valence-corrected chi connectivity index (χ1v) is 8.07. The molecule has 2 aromatic rings. The van der Waals surface area contributed by atoms with Gasteiger partial charge in [-0.05, 0) is 24.1 Å². The molecule has 2 atom stereocenters. The second-order valence-electron chi connectivity index (χ2n) is 6.34. The zero-order valence-electron chi connectivity index (χ0n) is 14.2. The molecule has 0 unspecified atom stereocenters. The third-order valence-corrected chi connectivity index (χ3v) is 4.68. The molecule has 1 fully saturated rings. The zero-order chi connectivity index (χ0) is 17.4. The lowest BCUT2D eigenvalue weighted by Gasteiger charge is -2.14. The van der Waals surface area contributed by atoms with E-state index < -0.39 is 11.8 Å². The average molecular weight is 330 g/mol. The summed E-state index contributed by atoms with van der Waals surface area (Å²) in [6, 6.07) is 1.76. The Morgan fingerprint density at radius 2 is 2.17 bits per heavy atom. The topological polar surface area (TPSA) is 94.4 Å². The van der Waals surface area contributed by atoms with E-state index in [9.17, 15) is 9.59 Å². The summed E-state index contributed by atoms with van der Waals surface area (Å²) >= 11 is 0. The average Bonchev–Trinajstić information content (AvgIpc) is 3.23. The molecule has 7 nitrogen and oxygen atoms in total. The van der Waals surface area contributed by atoms with Gasteiger partial charge in [-0.25, -0.2) is 0 Å². The lowest BCUT2D eigenvalue weighted by atomic mass is 9.90. The van der Waals surface area contributed by atoms with Crippen molar-refractivity contribution in [3.8, 4) is 0 Å². The van der Waals surface area contributed by atoms with E-state index in [-0.39, 0.29) is 11.8 Å². The molecule has 0 aliphatic carbocycles. The van der Waals surface area contributed by atoms with Crippen LogP contribution in [0.3, 0.4) is 0 Å². The molecule has 0 radical (unpaired) electrons. The Morgan fingerprint density at radius 1 is 1.42 bits per heavy atom. The SMILES string of the molecule is CCc1oc(C(=O)N2C[C@H](C(N)=O)[C@@H](c3cnn(C)c3)C2)cc1C.